The zero-order valence-corrected chi connectivity index (χ0v) is 8.92. The van der Waals surface area contributed by atoms with Gasteiger partial charge in [0, 0.05) is 7.05 Å². The van der Waals surface area contributed by atoms with Crippen LogP contribution in [0.2, 0.25) is 0 Å². The summed E-state index contributed by atoms with van der Waals surface area (Å²) in [6.45, 7) is 0. The van der Waals surface area contributed by atoms with E-state index < -0.39 is 0 Å². The van der Waals surface area contributed by atoms with Crippen molar-refractivity contribution >= 4 is 23.3 Å². The standard InChI is InChI=1S/C12H13NS/c1-13-12(14)10-6-5-9-11-7-3-2-4-8-11/h2-10H,1H3,(H,13,14)/b9-5+,10-6+. The number of nitrogens with one attached hydrogen (secondary N) is 1. The maximum Gasteiger partial charge on any atom is 0.0985 e. The average molecular weight is 203 g/mol. The fourth-order valence-electron chi connectivity index (χ4n) is 0.957. The molecule has 72 valence electrons. The normalized spacial score (nSPS) is 10.9. The fraction of sp³-hybridized carbons (Fsp3) is 0.0833. The Labute approximate surface area is 90.2 Å². The van der Waals surface area contributed by atoms with Gasteiger partial charge in [0.25, 0.3) is 0 Å². The van der Waals surface area contributed by atoms with Gasteiger partial charge in [0.15, 0.2) is 0 Å². The number of likely N-dealkylation sites (N-methyl/N-ethyl adjacent to an activating group) is 1. The van der Waals surface area contributed by atoms with Crippen LogP contribution in [-0.4, -0.2) is 12.0 Å². The Morgan fingerprint density at radius 3 is 2.57 bits per heavy atom. The summed E-state index contributed by atoms with van der Waals surface area (Å²) < 4.78 is 0. The van der Waals surface area contributed by atoms with Gasteiger partial charge < -0.3 is 5.32 Å². The number of allylic oxidation sites excluding steroid dienone is 2. The van der Waals surface area contributed by atoms with Crippen LogP contribution in [0.3, 0.4) is 0 Å². The van der Waals surface area contributed by atoms with Crippen LogP contribution in [0.1, 0.15) is 5.56 Å². The minimum atomic E-state index is 0.739. The number of hydrogen-bond acceptors (Lipinski definition) is 1. The monoisotopic (exact) mass is 203 g/mol. The molecule has 0 unspecified atom stereocenters. The van der Waals surface area contributed by atoms with Gasteiger partial charge in [-0.25, -0.2) is 0 Å². The van der Waals surface area contributed by atoms with Crippen LogP contribution in [0.15, 0.2) is 48.6 Å². The van der Waals surface area contributed by atoms with E-state index in [9.17, 15) is 0 Å². The third-order valence-electron chi connectivity index (χ3n) is 1.69. The van der Waals surface area contributed by atoms with Gasteiger partial charge in [0.1, 0.15) is 0 Å². The van der Waals surface area contributed by atoms with Crippen LogP contribution in [0.25, 0.3) is 6.08 Å². The van der Waals surface area contributed by atoms with E-state index in [4.69, 9.17) is 12.2 Å². The average Bonchev–Trinajstić information content (AvgIpc) is 2.25. The van der Waals surface area contributed by atoms with Crippen molar-refractivity contribution < 1.29 is 0 Å². The zero-order valence-electron chi connectivity index (χ0n) is 8.10. The van der Waals surface area contributed by atoms with Gasteiger partial charge in [-0.05, 0) is 11.6 Å². The van der Waals surface area contributed by atoms with Gasteiger partial charge in [-0.2, -0.15) is 0 Å². The van der Waals surface area contributed by atoms with E-state index in [0.29, 0.717) is 0 Å². The number of hydrogen-bond donors (Lipinski definition) is 1. The molecule has 1 aromatic carbocycles. The second-order valence-corrected chi connectivity index (χ2v) is 3.18. The highest BCUT2D eigenvalue weighted by Crippen LogP contribution is 2.00. The van der Waals surface area contributed by atoms with Crippen molar-refractivity contribution in [3.63, 3.8) is 0 Å². The van der Waals surface area contributed by atoms with Crippen molar-refractivity contribution in [1.29, 1.82) is 0 Å². The summed E-state index contributed by atoms with van der Waals surface area (Å²) in [5.74, 6) is 0. The summed E-state index contributed by atoms with van der Waals surface area (Å²) in [6, 6.07) is 10.1. The molecular formula is C12H13NS. The maximum atomic E-state index is 4.95. The molecule has 0 amide bonds. The van der Waals surface area contributed by atoms with Crippen molar-refractivity contribution in [1.82, 2.24) is 5.32 Å². The highest BCUT2D eigenvalue weighted by molar-refractivity contribution is 7.80. The van der Waals surface area contributed by atoms with Gasteiger partial charge in [-0.1, -0.05) is 60.8 Å². The first-order valence-corrected chi connectivity index (χ1v) is 4.85. The predicted molar refractivity (Wildman–Crippen MR) is 66.3 cm³/mol. The van der Waals surface area contributed by atoms with E-state index in [1.165, 1.54) is 5.56 Å². The second-order valence-electron chi connectivity index (χ2n) is 2.74. The SMILES string of the molecule is CNC(=S)/C=C/C=C/c1ccccc1. The van der Waals surface area contributed by atoms with E-state index in [2.05, 4.69) is 17.4 Å². The molecule has 0 saturated heterocycles. The molecule has 0 fully saturated rings. The molecule has 0 aliphatic carbocycles. The number of rotatable bonds is 3. The van der Waals surface area contributed by atoms with Crippen molar-refractivity contribution in [3.05, 3.63) is 54.1 Å². The minimum Gasteiger partial charge on any atom is -0.379 e. The smallest absolute Gasteiger partial charge is 0.0985 e. The van der Waals surface area contributed by atoms with Crippen molar-refractivity contribution in [2.45, 2.75) is 0 Å². The van der Waals surface area contributed by atoms with Crippen molar-refractivity contribution in [2.75, 3.05) is 7.05 Å². The summed E-state index contributed by atoms with van der Waals surface area (Å²) in [5, 5.41) is 2.87. The second kappa shape index (κ2) is 6.11. The van der Waals surface area contributed by atoms with Crippen LogP contribution in [0.5, 0.6) is 0 Å². The van der Waals surface area contributed by atoms with E-state index in [-0.39, 0.29) is 0 Å². The molecule has 0 spiro atoms. The maximum absolute atomic E-state index is 4.95. The third kappa shape index (κ3) is 4.01. The van der Waals surface area contributed by atoms with E-state index in [0.717, 1.165) is 4.99 Å². The van der Waals surface area contributed by atoms with E-state index in [1.807, 2.05) is 49.6 Å². The first kappa shape index (κ1) is 10.7. The first-order valence-electron chi connectivity index (χ1n) is 4.44. The van der Waals surface area contributed by atoms with E-state index >= 15 is 0 Å². The molecule has 1 aromatic rings. The molecule has 2 heteroatoms. The Hall–Kier alpha value is -1.41. The number of benzene rings is 1. The summed E-state index contributed by atoms with van der Waals surface area (Å²) in [4.78, 5) is 0.739. The molecule has 14 heavy (non-hydrogen) atoms. The molecule has 0 atom stereocenters. The predicted octanol–water partition coefficient (Wildman–Crippen LogP) is 2.80. The minimum absolute atomic E-state index is 0.739. The van der Waals surface area contributed by atoms with Gasteiger partial charge in [0.05, 0.1) is 4.99 Å². The zero-order chi connectivity index (χ0) is 10.2. The molecule has 0 aliphatic heterocycles. The Balaban J connectivity index is 2.50. The lowest BCUT2D eigenvalue weighted by Gasteiger charge is -1.91. The van der Waals surface area contributed by atoms with Crippen molar-refractivity contribution in [3.8, 4) is 0 Å². The van der Waals surface area contributed by atoms with Gasteiger partial charge in [-0.3, -0.25) is 0 Å². The molecule has 1 rings (SSSR count). The molecule has 0 aliphatic rings. The van der Waals surface area contributed by atoms with Crippen LogP contribution in [0.4, 0.5) is 0 Å². The molecule has 1 N–H and O–H groups in total. The number of thiocarbonyl (C=S) groups is 1. The lowest BCUT2D eigenvalue weighted by Crippen LogP contribution is -2.11. The molecule has 1 nitrogen and oxygen atoms in total. The van der Waals surface area contributed by atoms with Crippen LogP contribution < -0.4 is 5.32 Å². The highest BCUT2D eigenvalue weighted by atomic mass is 32.1. The lowest BCUT2D eigenvalue weighted by molar-refractivity contribution is 1.21. The summed E-state index contributed by atoms with van der Waals surface area (Å²) in [7, 11) is 1.81. The summed E-state index contributed by atoms with van der Waals surface area (Å²) in [6.07, 6.45) is 7.79. The summed E-state index contributed by atoms with van der Waals surface area (Å²) >= 11 is 4.95. The van der Waals surface area contributed by atoms with Crippen LogP contribution in [0, 0.1) is 0 Å². The molecule has 0 radical (unpaired) electrons. The topological polar surface area (TPSA) is 12.0 Å². The van der Waals surface area contributed by atoms with Gasteiger partial charge >= 0.3 is 0 Å². The Morgan fingerprint density at radius 2 is 1.93 bits per heavy atom. The molecule has 0 heterocycles. The Bertz CT molecular complexity index is 339. The highest BCUT2D eigenvalue weighted by Gasteiger charge is 1.81. The van der Waals surface area contributed by atoms with Crippen LogP contribution >= 0.6 is 12.2 Å². The lowest BCUT2D eigenvalue weighted by atomic mass is 10.2. The Kier molecular flexibility index (Phi) is 4.65. The quantitative estimate of drug-likeness (QED) is 0.460. The third-order valence-corrected chi connectivity index (χ3v) is 2.03. The molecule has 0 saturated carbocycles. The van der Waals surface area contributed by atoms with Gasteiger partial charge in [-0.15, -0.1) is 0 Å². The first-order chi connectivity index (χ1) is 6.83. The van der Waals surface area contributed by atoms with E-state index in [1.54, 1.807) is 0 Å². The van der Waals surface area contributed by atoms with Crippen molar-refractivity contribution in [2.24, 2.45) is 0 Å². The molecule has 0 aromatic heterocycles. The summed E-state index contributed by atoms with van der Waals surface area (Å²) in [5.41, 5.74) is 1.19. The van der Waals surface area contributed by atoms with Gasteiger partial charge in [0.2, 0.25) is 0 Å². The molecule has 0 bridgehead atoms. The Morgan fingerprint density at radius 1 is 1.21 bits per heavy atom. The largest absolute Gasteiger partial charge is 0.379 e. The molecular weight excluding hydrogens is 190 g/mol. The van der Waals surface area contributed by atoms with Crippen LogP contribution in [-0.2, 0) is 0 Å². The fourth-order valence-corrected chi connectivity index (χ4v) is 1.04.